The van der Waals surface area contributed by atoms with Crippen molar-refractivity contribution in [2.75, 3.05) is 5.32 Å². The minimum atomic E-state index is -0.180. The molecule has 0 aliphatic heterocycles. The Hall–Kier alpha value is -3.41. The maximum absolute atomic E-state index is 12.5. The van der Waals surface area contributed by atoms with E-state index in [1.54, 1.807) is 10.7 Å². The molecule has 1 amide bonds. The lowest BCUT2D eigenvalue weighted by atomic mass is 10.1. The summed E-state index contributed by atoms with van der Waals surface area (Å²) in [6, 6.07) is 17.0. The van der Waals surface area contributed by atoms with Crippen LogP contribution in [0.25, 0.3) is 17.0 Å². The first-order valence-electron chi connectivity index (χ1n) is 8.00. The molecule has 6 nitrogen and oxygen atoms in total. The van der Waals surface area contributed by atoms with Gasteiger partial charge in [-0.3, -0.25) is 4.79 Å². The minimum absolute atomic E-state index is 0.180. The number of aromatic nitrogens is 4. The van der Waals surface area contributed by atoms with Crippen LogP contribution >= 0.6 is 0 Å². The quantitative estimate of drug-likeness (QED) is 0.602. The van der Waals surface area contributed by atoms with Crippen LogP contribution in [-0.2, 0) is 0 Å². The number of imidazole rings is 1. The summed E-state index contributed by atoms with van der Waals surface area (Å²) in [6.07, 6.45) is 0. The zero-order chi connectivity index (χ0) is 17.4. The highest BCUT2D eigenvalue weighted by atomic mass is 16.1. The highest BCUT2D eigenvalue weighted by Crippen LogP contribution is 2.19. The van der Waals surface area contributed by atoms with Crippen LogP contribution in [0, 0.1) is 13.8 Å². The van der Waals surface area contributed by atoms with Crippen LogP contribution in [0.3, 0.4) is 0 Å². The summed E-state index contributed by atoms with van der Waals surface area (Å²) in [4.78, 5) is 20.3. The molecule has 2 aromatic carbocycles. The Morgan fingerprint density at radius 2 is 1.92 bits per heavy atom. The summed E-state index contributed by atoms with van der Waals surface area (Å²) in [6.45, 7) is 3.83. The fraction of sp³-hybridized carbons (Fsp3) is 0.105. The Balaban J connectivity index is 1.70. The second-order valence-electron chi connectivity index (χ2n) is 5.98. The molecule has 25 heavy (non-hydrogen) atoms. The summed E-state index contributed by atoms with van der Waals surface area (Å²) in [5.41, 5.74) is 4.20. The Kier molecular flexibility index (Phi) is 3.57. The van der Waals surface area contributed by atoms with Crippen LogP contribution < -0.4 is 5.32 Å². The largest absolute Gasteiger partial charge is 0.322 e. The monoisotopic (exact) mass is 331 g/mol. The normalized spacial score (nSPS) is 11.0. The van der Waals surface area contributed by atoms with Gasteiger partial charge in [0.2, 0.25) is 5.95 Å². The van der Waals surface area contributed by atoms with Crippen LogP contribution in [0.1, 0.15) is 21.6 Å². The highest BCUT2D eigenvalue weighted by Gasteiger charge is 2.15. The van der Waals surface area contributed by atoms with Crippen molar-refractivity contribution < 1.29 is 4.79 Å². The molecule has 0 unspecified atom stereocenters. The number of hydrogen-bond donors (Lipinski definition) is 2. The topological polar surface area (TPSA) is 75.6 Å². The average molecular weight is 331 g/mol. The van der Waals surface area contributed by atoms with Crippen molar-refractivity contribution in [3.05, 3.63) is 71.4 Å². The molecule has 0 radical (unpaired) electrons. The van der Waals surface area contributed by atoms with Gasteiger partial charge in [0.05, 0.1) is 16.7 Å². The third-order valence-corrected chi connectivity index (χ3v) is 3.93. The van der Waals surface area contributed by atoms with E-state index in [9.17, 15) is 4.79 Å². The number of carbonyl (C=O) groups is 1. The van der Waals surface area contributed by atoms with Gasteiger partial charge in [0.15, 0.2) is 0 Å². The van der Waals surface area contributed by atoms with Crippen molar-refractivity contribution in [1.82, 2.24) is 19.7 Å². The third kappa shape index (κ3) is 2.89. The maximum Gasteiger partial charge on any atom is 0.256 e. The summed E-state index contributed by atoms with van der Waals surface area (Å²) >= 11 is 0. The van der Waals surface area contributed by atoms with E-state index in [2.05, 4.69) is 20.4 Å². The minimum Gasteiger partial charge on any atom is -0.322 e. The van der Waals surface area contributed by atoms with Crippen molar-refractivity contribution in [2.24, 2.45) is 0 Å². The average Bonchev–Trinajstić information content (AvgIpc) is 3.17. The lowest BCUT2D eigenvalue weighted by Crippen LogP contribution is -2.15. The molecular formula is C19H17N5O. The standard InChI is InChI=1S/C19H17N5O/c1-12-6-5-7-14(10-12)18(25)22-17-11-13(2)23-24(17)19-20-15-8-3-4-9-16(15)21-19/h3-11H,1-2H3,(H,20,21)(H,22,25). The second kappa shape index (κ2) is 5.90. The Bertz CT molecular complexity index is 1040. The first-order chi connectivity index (χ1) is 12.1. The van der Waals surface area contributed by atoms with E-state index in [-0.39, 0.29) is 5.91 Å². The summed E-state index contributed by atoms with van der Waals surface area (Å²) in [5, 5.41) is 7.37. The molecule has 124 valence electrons. The fourth-order valence-corrected chi connectivity index (χ4v) is 2.76. The van der Waals surface area contributed by atoms with Crippen molar-refractivity contribution in [3.8, 4) is 5.95 Å². The van der Waals surface area contributed by atoms with Gasteiger partial charge in [-0.2, -0.15) is 9.78 Å². The number of aryl methyl sites for hydroxylation is 2. The number of carbonyl (C=O) groups excluding carboxylic acids is 1. The van der Waals surface area contributed by atoms with Crippen LogP contribution in [0.2, 0.25) is 0 Å². The molecule has 0 saturated heterocycles. The number of hydrogen-bond acceptors (Lipinski definition) is 3. The van der Waals surface area contributed by atoms with Crippen molar-refractivity contribution >= 4 is 22.8 Å². The number of nitrogens with one attached hydrogen (secondary N) is 2. The summed E-state index contributed by atoms with van der Waals surface area (Å²) < 4.78 is 1.61. The van der Waals surface area contributed by atoms with E-state index < -0.39 is 0 Å². The van der Waals surface area contributed by atoms with Gasteiger partial charge in [0, 0.05) is 11.6 Å². The number of para-hydroxylation sites is 2. The zero-order valence-electron chi connectivity index (χ0n) is 13.9. The molecule has 0 atom stereocenters. The van der Waals surface area contributed by atoms with Gasteiger partial charge in [-0.05, 0) is 38.1 Å². The molecule has 6 heteroatoms. The first-order valence-corrected chi connectivity index (χ1v) is 8.00. The van der Waals surface area contributed by atoms with Gasteiger partial charge in [0.1, 0.15) is 5.82 Å². The van der Waals surface area contributed by atoms with Crippen molar-refractivity contribution in [3.63, 3.8) is 0 Å². The number of aromatic amines is 1. The van der Waals surface area contributed by atoms with E-state index in [4.69, 9.17) is 0 Å². The Labute approximate surface area is 144 Å². The Morgan fingerprint density at radius 1 is 1.08 bits per heavy atom. The zero-order valence-corrected chi connectivity index (χ0v) is 13.9. The van der Waals surface area contributed by atoms with Crippen LogP contribution in [0.5, 0.6) is 0 Å². The van der Waals surface area contributed by atoms with Crippen LogP contribution in [0.4, 0.5) is 5.82 Å². The number of fused-ring (bicyclic) bond motifs is 1. The van der Waals surface area contributed by atoms with Gasteiger partial charge < -0.3 is 10.3 Å². The number of rotatable bonds is 3. The first kappa shape index (κ1) is 15.1. The van der Waals surface area contributed by atoms with Crippen LogP contribution in [0.15, 0.2) is 54.6 Å². The van der Waals surface area contributed by atoms with Crippen molar-refractivity contribution in [2.45, 2.75) is 13.8 Å². The summed E-state index contributed by atoms with van der Waals surface area (Å²) in [5.74, 6) is 0.956. The van der Waals surface area contributed by atoms with Crippen LogP contribution in [-0.4, -0.2) is 25.7 Å². The van der Waals surface area contributed by atoms with Gasteiger partial charge in [-0.1, -0.05) is 29.8 Å². The van der Waals surface area contributed by atoms with Gasteiger partial charge in [-0.15, -0.1) is 0 Å². The van der Waals surface area contributed by atoms with Gasteiger partial charge in [-0.25, -0.2) is 4.98 Å². The fourth-order valence-electron chi connectivity index (χ4n) is 2.76. The molecule has 4 aromatic rings. The predicted octanol–water partition coefficient (Wildman–Crippen LogP) is 3.62. The molecule has 0 aliphatic rings. The van der Waals surface area contributed by atoms with Crippen molar-refractivity contribution in [1.29, 1.82) is 0 Å². The smallest absolute Gasteiger partial charge is 0.256 e. The molecule has 0 spiro atoms. The van der Waals surface area contributed by atoms with E-state index >= 15 is 0 Å². The predicted molar refractivity (Wildman–Crippen MR) is 97.1 cm³/mol. The SMILES string of the molecule is Cc1cccc(C(=O)Nc2cc(C)nn2-c2nc3ccccc3[nH]2)c1. The van der Waals surface area contributed by atoms with E-state index in [1.165, 1.54) is 0 Å². The third-order valence-electron chi connectivity index (χ3n) is 3.93. The van der Waals surface area contributed by atoms with Gasteiger partial charge >= 0.3 is 0 Å². The molecule has 4 rings (SSSR count). The molecule has 0 bridgehead atoms. The van der Waals surface area contributed by atoms with E-state index in [0.29, 0.717) is 17.3 Å². The number of benzene rings is 2. The highest BCUT2D eigenvalue weighted by molar-refractivity contribution is 6.04. The molecule has 2 aromatic heterocycles. The number of nitrogens with zero attached hydrogens (tertiary/aromatic N) is 3. The maximum atomic E-state index is 12.5. The molecule has 0 aliphatic carbocycles. The lowest BCUT2D eigenvalue weighted by molar-refractivity contribution is 0.102. The molecule has 0 fully saturated rings. The molecule has 0 saturated carbocycles. The molecule has 2 heterocycles. The lowest BCUT2D eigenvalue weighted by Gasteiger charge is -2.07. The number of anilines is 1. The number of H-pyrrole nitrogens is 1. The second-order valence-corrected chi connectivity index (χ2v) is 5.98. The Morgan fingerprint density at radius 3 is 2.72 bits per heavy atom. The molecule has 2 N–H and O–H groups in total. The van der Waals surface area contributed by atoms with E-state index in [0.717, 1.165) is 22.3 Å². The van der Waals surface area contributed by atoms with Gasteiger partial charge in [0.25, 0.3) is 5.91 Å². The molecular weight excluding hydrogens is 314 g/mol. The summed E-state index contributed by atoms with van der Waals surface area (Å²) in [7, 11) is 0. The van der Waals surface area contributed by atoms with E-state index in [1.807, 2.05) is 62.4 Å². The number of amides is 1.